The first-order valence-corrected chi connectivity index (χ1v) is 11.0. The van der Waals surface area contributed by atoms with Crippen molar-refractivity contribution in [3.8, 4) is 11.5 Å². The molecule has 168 valence electrons. The molecule has 1 fully saturated rings. The van der Waals surface area contributed by atoms with Gasteiger partial charge in [0, 0.05) is 42.3 Å². The van der Waals surface area contributed by atoms with Crippen LogP contribution in [0.15, 0.2) is 54.6 Å². The van der Waals surface area contributed by atoms with Crippen molar-refractivity contribution in [3.63, 3.8) is 0 Å². The third-order valence-corrected chi connectivity index (χ3v) is 5.50. The van der Waals surface area contributed by atoms with E-state index in [9.17, 15) is 4.79 Å². The lowest BCUT2D eigenvalue weighted by Gasteiger charge is -2.17. The molecule has 1 aromatic heterocycles. The number of aryl methyl sites for hydroxylation is 1. The summed E-state index contributed by atoms with van der Waals surface area (Å²) in [6, 6.07) is 15.0. The number of ether oxygens (including phenoxy) is 2. The molecule has 5 rings (SSSR count). The molecule has 0 bridgehead atoms. The molecule has 0 aliphatic carbocycles. The van der Waals surface area contributed by atoms with E-state index in [1.54, 1.807) is 6.08 Å². The van der Waals surface area contributed by atoms with Crippen molar-refractivity contribution < 1.29 is 14.3 Å². The number of fused-ring (bicyclic) bond motifs is 1. The molecule has 0 saturated carbocycles. The molecular weight excluding hydrogens is 418 g/mol. The second-order valence-corrected chi connectivity index (χ2v) is 8.02. The minimum atomic E-state index is -0.217. The standard InChI is InChI=1S/C25H25N5O3/c1-17-14-23(30-12-2-3-13-30)29-25(26-17)28-20-8-6-19(7-9-20)27-24(31)11-5-18-4-10-21-22(15-18)33-16-32-21/h4-11,14-15H,2-3,12-13,16H2,1H3,(H,27,31)(H,26,28,29)/b11-5+. The van der Waals surface area contributed by atoms with E-state index in [0.29, 0.717) is 23.1 Å². The van der Waals surface area contributed by atoms with Gasteiger partial charge in [0.1, 0.15) is 5.82 Å². The number of nitrogens with one attached hydrogen (secondary N) is 2. The number of amides is 1. The van der Waals surface area contributed by atoms with Gasteiger partial charge in [-0.2, -0.15) is 4.98 Å². The van der Waals surface area contributed by atoms with E-state index in [4.69, 9.17) is 9.47 Å². The Labute approximate surface area is 192 Å². The van der Waals surface area contributed by atoms with Crippen LogP contribution in [0.2, 0.25) is 0 Å². The summed E-state index contributed by atoms with van der Waals surface area (Å²) in [4.78, 5) is 23.8. The summed E-state index contributed by atoms with van der Waals surface area (Å²) in [6.07, 6.45) is 5.63. The van der Waals surface area contributed by atoms with Crippen LogP contribution in [0.5, 0.6) is 11.5 Å². The highest BCUT2D eigenvalue weighted by Crippen LogP contribution is 2.32. The van der Waals surface area contributed by atoms with Crippen LogP contribution >= 0.6 is 0 Å². The Hall–Kier alpha value is -4.07. The van der Waals surface area contributed by atoms with Crippen molar-refractivity contribution in [2.45, 2.75) is 19.8 Å². The van der Waals surface area contributed by atoms with E-state index in [-0.39, 0.29) is 12.7 Å². The maximum Gasteiger partial charge on any atom is 0.248 e. The number of carbonyl (C=O) groups excluding carboxylic acids is 1. The quantitative estimate of drug-likeness (QED) is 0.542. The van der Waals surface area contributed by atoms with Gasteiger partial charge in [-0.15, -0.1) is 0 Å². The first kappa shape index (κ1) is 20.8. The summed E-state index contributed by atoms with van der Waals surface area (Å²) < 4.78 is 10.7. The first-order chi connectivity index (χ1) is 16.1. The van der Waals surface area contributed by atoms with E-state index in [1.165, 1.54) is 18.9 Å². The van der Waals surface area contributed by atoms with Gasteiger partial charge in [0.2, 0.25) is 18.6 Å². The zero-order valence-corrected chi connectivity index (χ0v) is 18.4. The molecule has 3 aromatic rings. The Morgan fingerprint density at radius 2 is 1.73 bits per heavy atom. The molecule has 0 spiro atoms. The Balaban J connectivity index is 1.19. The van der Waals surface area contributed by atoms with Gasteiger partial charge >= 0.3 is 0 Å². The number of carbonyl (C=O) groups is 1. The summed E-state index contributed by atoms with van der Waals surface area (Å²) in [5.41, 5.74) is 3.33. The average molecular weight is 444 g/mol. The van der Waals surface area contributed by atoms with Gasteiger partial charge in [-0.3, -0.25) is 4.79 Å². The van der Waals surface area contributed by atoms with Crippen LogP contribution in [0, 0.1) is 6.92 Å². The minimum absolute atomic E-state index is 0.217. The van der Waals surface area contributed by atoms with Crippen LogP contribution in [0.1, 0.15) is 24.1 Å². The molecule has 0 radical (unpaired) electrons. The van der Waals surface area contributed by atoms with Crippen LogP contribution in [0.25, 0.3) is 6.08 Å². The molecule has 2 aliphatic heterocycles. The maximum absolute atomic E-state index is 12.3. The van der Waals surface area contributed by atoms with Crippen molar-refractivity contribution in [1.82, 2.24) is 9.97 Å². The summed E-state index contributed by atoms with van der Waals surface area (Å²) >= 11 is 0. The van der Waals surface area contributed by atoms with Gasteiger partial charge in [0.05, 0.1) is 0 Å². The molecular formula is C25H25N5O3. The Kier molecular flexibility index (Phi) is 5.80. The summed E-state index contributed by atoms with van der Waals surface area (Å²) in [7, 11) is 0. The summed E-state index contributed by atoms with van der Waals surface area (Å²) in [5.74, 6) is 2.71. The Morgan fingerprint density at radius 3 is 2.55 bits per heavy atom. The average Bonchev–Trinajstić information content (AvgIpc) is 3.50. The van der Waals surface area contributed by atoms with E-state index in [1.807, 2.05) is 55.5 Å². The van der Waals surface area contributed by atoms with Crippen molar-refractivity contribution in [2.24, 2.45) is 0 Å². The molecule has 3 heterocycles. The second kappa shape index (κ2) is 9.20. The van der Waals surface area contributed by atoms with E-state index < -0.39 is 0 Å². The molecule has 1 saturated heterocycles. The van der Waals surface area contributed by atoms with Gasteiger partial charge in [-0.25, -0.2) is 4.98 Å². The molecule has 8 nitrogen and oxygen atoms in total. The lowest BCUT2D eigenvalue weighted by molar-refractivity contribution is -0.111. The normalized spacial score (nSPS) is 14.6. The highest BCUT2D eigenvalue weighted by atomic mass is 16.7. The lowest BCUT2D eigenvalue weighted by atomic mass is 10.2. The molecule has 2 N–H and O–H groups in total. The molecule has 2 aromatic carbocycles. The first-order valence-electron chi connectivity index (χ1n) is 11.0. The summed E-state index contributed by atoms with van der Waals surface area (Å²) in [6.45, 7) is 4.27. The topological polar surface area (TPSA) is 88.6 Å². The van der Waals surface area contributed by atoms with Crippen molar-refractivity contribution in [3.05, 3.63) is 65.9 Å². The van der Waals surface area contributed by atoms with Crippen LogP contribution in [-0.2, 0) is 4.79 Å². The number of nitrogens with zero attached hydrogens (tertiary/aromatic N) is 3. The number of hydrogen-bond donors (Lipinski definition) is 2. The fourth-order valence-electron chi connectivity index (χ4n) is 3.85. The number of hydrogen-bond acceptors (Lipinski definition) is 7. The highest BCUT2D eigenvalue weighted by Gasteiger charge is 2.15. The van der Waals surface area contributed by atoms with Crippen LogP contribution in [-0.4, -0.2) is 35.8 Å². The maximum atomic E-state index is 12.3. The monoisotopic (exact) mass is 443 g/mol. The van der Waals surface area contributed by atoms with Gasteiger partial charge in [0.15, 0.2) is 11.5 Å². The van der Waals surface area contributed by atoms with Crippen molar-refractivity contribution in [2.75, 3.05) is 35.4 Å². The largest absolute Gasteiger partial charge is 0.454 e. The molecule has 8 heteroatoms. The molecule has 0 atom stereocenters. The number of anilines is 4. The van der Waals surface area contributed by atoms with Gasteiger partial charge in [-0.05, 0) is 67.8 Å². The van der Waals surface area contributed by atoms with Crippen molar-refractivity contribution >= 4 is 35.1 Å². The smallest absolute Gasteiger partial charge is 0.248 e. The van der Waals surface area contributed by atoms with Crippen LogP contribution in [0.3, 0.4) is 0 Å². The zero-order chi connectivity index (χ0) is 22.6. The number of aromatic nitrogens is 2. The van der Waals surface area contributed by atoms with E-state index >= 15 is 0 Å². The fourth-order valence-corrected chi connectivity index (χ4v) is 3.85. The molecule has 1 amide bonds. The molecule has 0 unspecified atom stereocenters. The number of rotatable bonds is 6. The third-order valence-electron chi connectivity index (χ3n) is 5.50. The van der Waals surface area contributed by atoms with Crippen LogP contribution < -0.4 is 25.0 Å². The minimum Gasteiger partial charge on any atom is -0.454 e. The molecule has 2 aliphatic rings. The zero-order valence-electron chi connectivity index (χ0n) is 18.4. The van der Waals surface area contributed by atoms with Gasteiger partial charge in [0.25, 0.3) is 0 Å². The molecule has 33 heavy (non-hydrogen) atoms. The van der Waals surface area contributed by atoms with E-state index in [2.05, 4.69) is 25.5 Å². The lowest BCUT2D eigenvalue weighted by Crippen LogP contribution is -2.19. The predicted octanol–water partition coefficient (Wildman–Crippen LogP) is 4.51. The predicted molar refractivity (Wildman–Crippen MR) is 128 cm³/mol. The van der Waals surface area contributed by atoms with Gasteiger partial charge < -0.3 is 25.0 Å². The van der Waals surface area contributed by atoms with Crippen molar-refractivity contribution in [1.29, 1.82) is 0 Å². The highest BCUT2D eigenvalue weighted by molar-refractivity contribution is 6.02. The Bertz CT molecular complexity index is 1190. The SMILES string of the molecule is Cc1cc(N2CCCC2)nc(Nc2ccc(NC(=O)/C=C/c3ccc4c(c3)OCO4)cc2)n1. The van der Waals surface area contributed by atoms with Crippen LogP contribution in [0.4, 0.5) is 23.1 Å². The fraction of sp³-hybridized carbons (Fsp3) is 0.240. The van der Waals surface area contributed by atoms with E-state index in [0.717, 1.165) is 35.9 Å². The third kappa shape index (κ3) is 5.06. The number of benzene rings is 2. The second-order valence-electron chi connectivity index (χ2n) is 8.02. The Morgan fingerprint density at radius 1 is 0.970 bits per heavy atom. The summed E-state index contributed by atoms with van der Waals surface area (Å²) in [5, 5.41) is 6.12. The van der Waals surface area contributed by atoms with Gasteiger partial charge in [-0.1, -0.05) is 6.07 Å².